The third kappa shape index (κ3) is 10.5. The normalized spacial score (nSPS) is 11.6. The lowest BCUT2D eigenvalue weighted by Crippen LogP contribution is -1.85. The van der Waals surface area contributed by atoms with Crippen LogP contribution in [-0.4, -0.2) is 10.2 Å². The van der Waals surface area contributed by atoms with Crippen LogP contribution in [0.25, 0.3) is 0 Å². The van der Waals surface area contributed by atoms with Crippen LogP contribution in [0.5, 0.6) is 0 Å². The predicted octanol–water partition coefficient (Wildman–Crippen LogP) is 7.44. The third-order valence-corrected chi connectivity index (χ3v) is 5.07. The Morgan fingerprint density at radius 3 is 2.11 bits per heavy atom. The van der Waals surface area contributed by atoms with Gasteiger partial charge in [0.2, 0.25) is 11.8 Å². The van der Waals surface area contributed by atoms with Crippen LogP contribution >= 0.6 is 0 Å². The summed E-state index contributed by atoms with van der Waals surface area (Å²) in [7, 11) is 0. The summed E-state index contributed by atoms with van der Waals surface area (Å²) < 4.78 is 11.0. The monoisotopic (exact) mass is 386 g/mol. The van der Waals surface area contributed by atoms with Gasteiger partial charge in [0.25, 0.3) is 0 Å². The number of allylic oxidation sites excluding steroid dienone is 2. The molecule has 0 aliphatic carbocycles. The standard InChI is InChI=1S/C24H38N2O2/c1-2-3-4-5-6-7-8-9-10-11-12-13-14-15-16-19-23-25-26-24(28-23)21-22-18-17-20-27-22/h12-13,17-18,20H,2-11,14-16,19,21H2,1H3. The third-order valence-electron chi connectivity index (χ3n) is 5.07. The highest BCUT2D eigenvalue weighted by molar-refractivity contribution is 5.04. The molecule has 4 heteroatoms. The largest absolute Gasteiger partial charge is 0.469 e. The Hall–Kier alpha value is -1.84. The molecule has 0 unspecified atom stereocenters. The van der Waals surface area contributed by atoms with Gasteiger partial charge in [-0.15, -0.1) is 10.2 Å². The van der Waals surface area contributed by atoms with Gasteiger partial charge >= 0.3 is 0 Å². The highest BCUT2D eigenvalue weighted by Crippen LogP contribution is 2.12. The Bertz CT molecular complexity index is 616. The van der Waals surface area contributed by atoms with Gasteiger partial charge in [-0.3, -0.25) is 0 Å². The van der Waals surface area contributed by atoms with Crippen molar-refractivity contribution in [2.45, 2.75) is 103 Å². The minimum Gasteiger partial charge on any atom is -0.469 e. The van der Waals surface area contributed by atoms with E-state index in [1.54, 1.807) is 6.26 Å². The Kier molecular flexibility index (Phi) is 12.1. The fourth-order valence-corrected chi connectivity index (χ4v) is 3.37. The fourth-order valence-electron chi connectivity index (χ4n) is 3.37. The number of hydrogen-bond donors (Lipinski definition) is 0. The number of furan rings is 1. The van der Waals surface area contributed by atoms with Gasteiger partial charge in [-0.2, -0.15) is 0 Å². The van der Waals surface area contributed by atoms with E-state index in [0.29, 0.717) is 12.3 Å². The van der Waals surface area contributed by atoms with Crippen molar-refractivity contribution < 1.29 is 8.83 Å². The van der Waals surface area contributed by atoms with E-state index >= 15 is 0 Å². The van der Waals surface area contributed by atoms with E-state index in [2.05, 4.69) is 29.3 Å². The summed E-state index contributed by atoms with van der Waals surface area (Å²) in [6.07, 6.45) is 25.0. The summed E-state index contributed by atoms with van der Waals surface area (Å²) in [4.78, 5) is 0. The number of aryl methyl sites for hydroxylation is 1. The topological polar surface area (TPSA) is 52.1 Å². The zero-order valence-electron chi connectivity index (χ0n) is 17.7. The van der Waals surface area contributed by atoms with Gasteiger partial charge in [0, 0.05) is 6.42 Å². The SMILES string of the molecule is CCCCCCCCCCCC=CCCCCc1nnc(Cc2ccco2)o1. The van der Waals surface area contributed by atoms with E-state index in [1.807, 2.05) is 12.1 Å². The Labute approximate surface area is 170 Å². The van der Waals surface area contributed by atoms with E-state index in [1.165, 1.54) is 70.6 Å². The molecular weight excluding hydrogens is 348 g/mol. The fraction of sp³-hybridized carbons (Fsp3) is 0.667. The van der Waals surface area contributed by atoms with Crippen molar-refractivity contribution in [1.29, 1.82) is 0 Å². The molecule has 0 aliphatic rings. The van der Waals surface area contributed by atoms with Gasteiger partial charge in [0.05, 0.1) is 12.7 Å². The molecule has 2 aromatic heterocycles. The lowest BCUT2D eigenvalue weighted by molar-refractivity contribution is 0.431. The molecule has 4 nitrogen and oxygen atoms in total. The Morgan fingerprint density at radius 2 is 1.43 bits per heavy atom. The molecule has 0 fully saturated rings. The van der Waals surface area contributed by atoms with Crippen molar-refractivity contribution in [3.63, 3.8) is 0 Å². The summed E-state index contributed by atoms with van der Waals surface area (Å²) in [5, 5.41) is 8.21. The summed E-state index contributed by atoms with van der Waals surface area (Å²) >= 11 is 0. The second kappa shape index (κ2) is 15.1. The number of aromatic nitrogens is 2. The first-order chi connectivity index (χ1) is 13.9. The minimum absolute atomic E-state index is 0.571. The first-order valence-corrected chi connectivity index (χ1v) is 11.4. The smallest absolute Gasteiger partial charge is 0.224 e. The van der Waals surface area contributed by atoms with Crippen LogP contribution < -0.4 is 0 Å². The van der Waals surface area contributed by atoms with Crippen LogP contribution in [0.2, 0.25) is 0 Å². The molecule has 0 saturated heterocycles. The average Bonchev–Trinajstić information content (AvgIpc) is 3.37. The molecular formula is C24H38N2O2. The molecule has 0 amide bonds. The molecule has 0 N–H and O–H groups in total. The van der Waals surface area contributed by atoms with Gasteiger partial charge < -0.3 is 8.83 Å². The number of rotatable bonds is 17. The molecule has 0 aliphatic heterocycles. The number of hydrogen-bond acceptors (Lipinski definition) is 4. The van der Waals surface area contributed by atoms with E-state index in [-0.39, 0.29) is 0 Å². The summed E-state index contributed by atoms with van der Waals surface area (Å²) in [6.45, 7) is 2.28. The van der Waals surface area contributed by atoms with Crippen LogP contribution in [0.1, 0.15) is 108 Å². The van der Waals surface area contributed by atoms with E-state index in [9.17, 15) is 0 Å². The molecule has 0 atom stereocenters. The molecule has 2 aromatic rings. The van der Waals surface area contributed by atoms with E-state index < -0.39 is 0 Å². The molecule has 0 saturated carbocycles. The molecule has 0 bridgehead atoms. The zero-order valence-corrected chi connectivity index (χ0v) is 17.7. The lowest BCUT2D eigenvalue weighted by Gasteiger charge is -2.00. The number of nitrogens with zero attached hydrogens (tertiary/aromatic N) is 2. The lowest BCUT2D eigenvalue weighted by atomic mass is 10.1. The average molecular weight is 387 g/mol. The zero-order chi connectivity index (χ0) is 19.7. The van der Waals surface area contributed by atoms with Crippen LogP contribution in [0, 0.1) is 0 Å². The van der Waals surface area contributed by atoms with Crippen molar-refractivity contribution in [2.24, 2.45) is 0 Å². The van der Waals surface area contributed by atoms with Gasteiger partial charge in [0.1, 0.15) is 5.76 Å². The Balaban J connectivity index is 1.39. The molecule has 28 heavy (non-hydrogen) atoms. The Morgan fingerprint density at radius 1 is 0.786 bits per heavy atom. The minimum atomic E-state index is 0.571. The van der Waals surface area contributed by atoms with Crippen molar-refractivity contribution >= 4 is 0 Å². The van der Waals surface area contributed by atoms with Gasteiger partial charge in [-0.25, -0.2) is 0 Å². The van der Waals surface area contributed by atoms with Crippen molar-refractivity contribution in [2.75, 3.05) is 0 Å². The van der Waals surface area contributed by atoms with Crippen LogP contribution in [0.15, 0.2) is 39.4 Å². The predicted molar refractivity (Wildman–Crippen MR) is 114 cm³/mol. The maximum Gasteiger partial charge on any atom is 0.224 e. The summed E-state index contributed by atoms with van der Waals surface area (Å²) in [6, 6.07) is 3.79. The quantitative estimate of drug-likeness (QED) is 0.209. The van der Waals surface area contributed by atoms with Crippen LogP contribution in [-0.2, 0) is 12.8 Å². The van der Waals surface area contributed by atoms with E-state index in [0.717, 1.165) is 30.9 Å². The van der Waals surface area contributed by atoms with Gasteiger partial charge in [-0.05, 0) is 44.2 Å². The second-order valence-corrected chi connectivity index (χ2v) is 7.68. The maximum absolute atomic E-state index is 5.68. The number of unbranched alkanes of at least 4 members (excludes halogenated alkanes) is 11. The van der Waals surface area contributed by atoms with Crippen LogP contribution in [0.3, 0.4) is 0 Å². The van der Waals surface area contributed by atoms with Crippen molar-refractivity contribution in [3.05, 3.63) is 48.1 Å². The summed E-state index contributed by atoms with van der Waals surface area (Å²) in [5.41, 5.74) is 0. The first kappa shape index (κ1) is 22.4. The summed E-state index contributed by atoms with van der Waals surface area (Å²) in [5.74, 6) is 2.22. The van der Waals surface area contributed by atoms with E-state index in [4.69, 9.17) is 8.83 Å². The first-order valence-electron chi connectivity index (χ1n) is 11.4. The highest BCUT2D eigenvalue weighted by atomic mass is 16.4. The van der Waals surface area contributed by atoms with Crippen molar-refractivity contribution in [3.8, 4) is 0 Å². The molecule has 2 rings (SSSR count). The molecule has 2 heterocycles. The van der Waals surface area contributed by atoms with Crippen molar-refractivity contribution in [1.82, 2.24) is 10.2 Å². The van der Waals surface area contributed by atoms with Gasteiger partial charge in [-0.1, -0.05) is 70.4 Å². The second-order valence-electron chi connectivity index (χ2n) is 7.68. The van der Waals surface area contributed by atoms with Gasteiger partial charge in [0.15, 0.2) is 0 Å². The maximum atomic E-state index is 5.68. The molecule has 0 aromatic carbocycles. The molecule has 156 valence electrons. The highest BCUT2D eigenvalue weighted by Gasteiger charge is 2.08. The molecule has 0 radical (unpaired) electrons. The molecule has 0 spiro atoms. The van der Waals surface area contributed by atoms with Crippen LogP contribution in [0.4, 0.5) is 0 Å².